The maximum atomic E-state index is 5.58. The lowest BCUT2D eigenvalue weighted by molar-refractivity contribution is 0.180. The van der Waals surface area contributed by atoms with Gasteiger partial charge in [0.15, 0.2) is 0 Å². The van der Waals surface area contributed by atoms with E-state index in [2.05, 4.69) is 31.8 Å². The Bertz CT molecular complexity index is 346. The molecule has 1 aliphatic rings. The van der Waals surface area contributed by atoms with Gasteiger partial charge >= 0.3 is 0 Å². The Morgan fingerprint density at radius 2 is 2.33 bits per heavy atom. The van der Waals surface area contributed by atoms with Crippen LogP contribution in [0.15, 0.2) is 18.3 Å². The average Bonchev–Trinajstić information content (AvgIpc) is 2.28. The lowest BCUT2D eigenvalue weighted by Gasteiger charge is -2.37. The Hall–Kier alpha value is -1.05. The molecule has 2 heteroatoms. The summed E-state index contributed by atoms with van der Waals surface area (Å²) in [4.78, 5) is 4.30. The molecule has 2 heterocycles. The third-order valence-electron chi connectivity index (χ3n) is 3.68. The number of fused-ring (bicyclic) bond motifs is 1. The summed E-state index contributed by atoms with van der Waals surface area (Å²) in [5, 5.41) is 0. The van der Waals surface area contributed by atoms with E-state index in [4.69, 9.17) is 4.74 Å². The van der Waals surface area contributed by atoms with Gasteiger partial charge in [-0.05, 0) is 23.8 Å². The van der Waals surface area contributed by atoms with Crippen LogP contribution in [-0.4, -0.2) is 11.6 Å². The highest BCUT2D eigenvalue weighted by atomic mass is 16.5. The molecule has 0 aromatic carbocycles. The van der Waals surface area contributed by atoms with E-state index in [1.54, 1.807) is 6.20 Å². The highest BCUT2D eigenvalue weighted by molar-refractivity contribution is 5.32. The second kappa shape index (κ2) is 3.84. The Labute approximate surface area is 91.7 Å². The largest absolute Gasteiger partial charge is 0.477 e. The SMILES string of the molecule is CCC(C)(C)C1CCOc2ncccc21. The van der Waals surface area contributed by atoms with Crippen molar-refractivity contribution >= 4 is 0 Å². The van der Waals surface area contributed by atoms with Crippen LogP contribution in [0.4, 0.5) is 0 Å². The Morgan fingerprint density at radius 3 is 3.07 bits per heavy atom. The van der Waals surface area contributed by atoms with E-state index in [1.165, 1.54) is 12.0 Å². The number of nitrogens with zero attached hydrogens (tertiary/aromatic N) is 1. The summed E-state index contributed by atoms with van der Waals surface area (Å²) >= 11 is 0. The van der Waals surface area contributed by atoms with Gasteiger partial charge in [0, 0.05) is 11.8 Å². The van der Waals surface area contributed by atoms with Gasteiger partial charge in [0.25, 0.3) is 0 Å². The van der Waals surface area contributed by atoms with Gasteiger partial charge in [0.1, 0.15) is 0 Å². The molecule has 1 aromatic rings. The summed E-state index contributed by atoms with van der Waals surface area (Å²) in [6, 6.07) is 4.16. The summed E-state index contributed by atoms with van der Waals surface area (Å²) in [5.41, 5.74) is 1.62. The van der Waals surface area contributed by atoms with Crippen LogP contribution >= 0.6 is 0 Å². The predicted octanol–water partition coefficient (Wildman–Crippen LogP) is 3.38. The van der Waals surface area contributed by atoms with E-state index in [1.807, 2.05) is 6.07 Å². The molecule has 1 aromatic heterocycles. The second-order valence-electron chi connectivity index (χ2n) is 4.93. The first-order valence-corrected chi connectivity index (χ1v) is 5.73. The number of pyridine rings is 1. The minimum atomic E-state index is 0.335. The van der Waals surface area contributed by atoms with Crippen LogP contribution in [-0.2, 0) is 0 Å². The normalized spacial score (nSPS) is 20.6. The summed E-state index contributed by atoms with van der Waals surface area (Å²) in [6.45, 7) is 7.73. The molecule has 2 nitrogen and oxygen atoms in total. The second-order valence-corrected chi connectivity index (χ2v) is 4.93. The van der Waals surface area contributed by atoms with Crippen molar-refractivity contribution in [2.75, 3.05) is 6.61 Å². The number of hydrogen-bond acceptors (Lipinski definition) is 2. The quantitative estimate of drug-likeness (QED) is 0.738. The van der Waals surface area contributed by atoms with Crippen molar-refractivity contribution in [3.05, 3.63) is 23.9 Å². The highest BCUT2D eigenvalue weighted by Gasteiger charge is 2.33. The van der Waals surface area contributed by atoms with Gasteiger partial charge in [-0.25, -0.2) is 4.98 Å². The summed E-state index contributed by atoms with van der Waals surface area (Å²) < 4.78 is 5.58. The lowest BCUT2D eigenvalue weighted by atomic mass is 9.71. The molecule has 1 aliphatic heterocycles. The number of rotatable bonds is 2. The molecular weight excluding hydrogens is 186 g/mol. The van der Waals surface area contributed by atoms with Gasteiger partial charge in [-0.1, -0.05) is 33.3 Å². The monoisotopic (exact) mass is 205 g/mol. The molecular formula is C13H19NO. The summed E-state index contributed by atoms with van der Waals surface area (Å²) in [7, 11) is 0. The molecule has 0 amide bonds. The first kappa shape index (κ1) is 10.5. The Morgan fingerprint density at radius 1 is 1.53 bits per heavy atom. The van der Waals surface area contributed by atoms with Crippen LogP contribution < -0.4 is 4.74 Å². The van der Waals surface area contributed by atoms with Gasteiger partial charge in [-0.15, -0.1) is 0 Å². The van der Waals surface area contributed by atoms with E-state index in [0.717, 1.165) is 18.9 Å². The molecule has 1 atom stereocenters. The lowest BCUT2D eigenvalue weighted by Crippen LogP contribution is -2.27. The molecule has 0 fully saturated rings. The van der Waals surface area contributed by atoms with Gasteiger partial charge in [-0.3, -0.25) is 0 Å². The molecule has 0 radical (unpaired) electrons. The van der Waals surface area contributed by atoms with E-state index in [9.17, 15) is 0 Å². The van der Waals surface area contributed by atoms with E-state index < -0.39 is 0 Å². The van der Waals surface area contributed by atoms with Crippen LogP contribution in [0.25, 0.3) is 0 Å². The van der Waals surface area contributed by atoms with Crippen molar-refractivity contribution in [3.63, 3.8) is 0 Å². The average molecular weight is 205 g/mol. The minimum Gasteiger partial charge on any atom is -0.477 e. The van der Waals surface area contributed by atoms with Crippen molar-refractivity contribution in [2.24, 2.45) is 5.41 Å². The molecule has 2 rings (SSSR count). The fourth-order valence-corrected chi connectivity index (χ4v) is 2.28. The fourth-order valence-electron chi connectivity index (χ4n) is 2.28. The first-order valence-electron chi connectivity index (χ1n) is 5.73. The molecule has 15 heavy (non-hydrogen) atoms. The maximum absolute atomic E-state index is 5.58. The Kier molecular flexibility index (Phi) is 2.68. The number of hydrogen-bond donors (Lipinski definition) is 0. The summed E-state index contributed by atoms with van der Waals surface area (Å²) in [6.07, 6.45) is 4.10. The van der Waals surface area contributed by atoms with E-state index in [-0.39, 0.29) is 0 Å². The Balaban J connectivity index is 2.38. The van der Waals surface area contributed by atoms with Gasteiger partial charge in [-0.2, -0.15) is 0 Å². The zero-order chi connectivity index (χ0) is 10.9. The van der Waals surface area contributed by atoms with Gasteiger partial charge in [0.05, 0.1) is 6.61 Å². The van der Waals surface area contributed by atoms with E-state index in [0.29, 0.717) is 11.3 Å². The maximum Gasteiger partial charge on any atom is 0.216 e. The van der Waals surface area contributed by atoms with Crippen LogP contribution in [0.5, 0.6) is 5.88 Å². The third-order valence-corrected chi connectivity index (χ3v) is 3.68. The van der Waals surface area contributed by atoms with E-state index >= 15 is 0 Å². The van der Waals surface area contributed by atoms with Gasteiger partial charge < -0.3 is 4.74 Å². The molecule has 0 saturated heterocycles. The zero-order valence-corrected chi connectivity index (χ0v) is 9.79. The number of aromatic nitrogens is 1. The van der Waals surface area contributed by atoms with Crippen molar-refractivity contribution in [3.8, 4) is 5.88 Å². The predicted molar refractivity (Wildman–Crippen MR) is 61.2 cm³/mol. The standard InChI is InChI=1S/C13H19NO/c1-4-13(2,3)11-7-9-15-12-10(11)6-5-8-14-12/h5-6,8,11H,4,7,9H2,1-3H3. The third kappa shape index (κ3) is 1.85. The smallest absolute Gasteiger partial charge is 0.216 e. The molecule has 0 spiro atoms. The zero-order valence-electron chi connectivity index (χ0n) is 9.79. The fraction of sp³-hybridized carbons (Fsp3) is 0.615. The van der Waals surface area contributed by atoms with Crippen molar-refractivity contribution < 1.29 is 4.74 Å². The van der Waals surface area contributed by atoms with Crippen LogP contribution in [0.1, 0.15) is 45.1 Å². The van der Waals surface area contributed by atoms with Crippen molar-refractivity contribution in [1.29, 1.82) is 0 Å². The molecule has 0 bridgehead atoms. The van der Waals surface area contributed by atoms with Crippen molar-refractivity contribution in [2.45, 2.75) is 39.5 Å². The molecule has 1 unspecified atom stereocenters. The highest BCUT2D eigenvalue weighted by Crippen LogP contribution is 2.45. The molecule has 0 aliphatic carbocycles. The van der Waals surface area contributed by atoms with Crippen LogP contribution in [0.3, 0.4) is 0 Å². The van der Waals surface area contributed by atoms with Gasteiger partial charge in [0.2, 0.25) is 5.88 Å². The topological polar surface area (TPSA) is 22.1 Å². The molecule has 0 saturated carbocycles. The number of ether oxygens (including phenoxy) is 1. The summed E-state index contributed by atoms with van der Waals surface area (Å²) in [5.74, 6) is 1.43. The van der Waals surface area contributed by atoms with Crippen LogP contribution in [0.2, 0.25) is 0 Å². The molecule has 82 valence electrons. The molecule has 0 N–H and O–H groups in total. The minimum absolute atomic E-state index is 0.335. The van der Waals surface area contributed by atoms with Crippen molar-refractivity contribution in [1.82, 2.24) is 4.98 Å². The first-order chi connectivity index (χ1) is 7.15. The van der Waals surface area contributed by atoms with Crippen LogP contribution in [0, 0.1) is 5.41 Å².